The van der Waals surface area contributed by atoms with Gasteiger partial charge in [-0.25, -0.2) is 13.2 Å². The first-order valence-corrected chi connectivity index (χ1v) is 9.09. The summed E-state index contributed by atoms with van der Waals surface area (Å²) in [6, 6.07) is 5.39. The molecule has 0 aliphatic heterocycles. The van der Waals surface area contributed by atoms with E-state index in [9.17, 15) is 18.0 Å². The number of urea groups is 1. The lowest BCUT2D eigenvalue weighted by Crippen LogP contribution is -2.29. The number of carboxylic acid groups (broad SMARTS) is 1. The van der Waals surface area contributed by atoms with Crippen LogP contribution >= 0.6 is 0 Å². The predicted octanol–water partition coefficient (Wildman–Crippen LogP) is 1.48. The fraction of sp³-hybridized carbons (Fsp3) is 0.467. The molecule has 134 valence electrons. The summed E-state index contributed by atoms with van der Waals surface area (Å²) in [7, 11) is -1.85. The molecule has 24 heavy (non-hydrogen) atoms. The third-order valence-corrected chi connectivity index (χ3v) is 4.90. The van der Waals surface area contributed by atoms with E-state index in [0.29, 0.717) is 25.1 Å². The Labute approximate surface area is 141 Å². The zero-order chi connectivity index (χ0) is 18.0. The van der Waals surface area contributed by atoms with Gasteiger partial charge in [0.2, 0.25) is 0 Å². The smallest absolute Gasteiger partial charge is 0.319 e. The maximum Gasteiger partial charge on any atom is 0.319 e. The van der Waals surface area contributed by atoms with Crippen molar-refractivity contribution in [2.75, 3.05) is 31.3 Å². The van der Waals surface area contributed by atoms with Crippen LogP contribution in [0.4, 0.5) is 10.5 Å². The Hall–Kier alpha value is -2.13. The normalized spacial score (nSPS) is 11.0. The average Bonchev–Trinajstić information content (AvgIpc) is 2.52. The quantitative estimate of drug-likeness (QED) is 0.545. The van der Waals surface area contributed by atoms with E-state index in [1.54, 1.807) is 0 Å². The number of methoxy groups -OCH3 is 1. The second kappa shape index (κ2) is 9.89. The van der Waals surface area contributed by atoms with Crippen molar-refractivity contribution >= 4 is 27.5 Å². The van der Waals surface area contributed by atoms with Crippen molar-refractivity contribution in [2.24, 2.45) is 0 Å². The number of carbonyl (C=O) groups excluding carboxylic acids is 1. The SMILES string of the molecule is COCCCS(=O)(=O)c1ccc(NC(=O)NCCCC(=O)O)cc1. The lowest BCUT2D eigenvalue weighted by atomic mass is 10.3. The van der Waals surface area contributed by atoms with Gasteiger partial charge in [0.25, 0.3) is 0 Å². The fourth-order valence-electron chi connectivity index (χ4n) is 1.87. The van der Waals surface area contributed by atoms with Crippen LogP contribution in [0, 0.1) is 0 Å². The van der Waals surface area contributed by atoms with Crippen LogP contribution in [0.1, 0.15) is 19.3 Å². The maximum atomic E-state index is 12.1. The number of sulfone groups is 1. The monoisotopic (exact) mass is 358 g/mol. The number of carboxylic acids is 1. The highest BCUT2D eigenvalue weighted by Gasteiger charge is 2.14. The highest BCUT2D eigenvalue weighted by molar-refractivity contribution is 7.91. The lowest BCUT2D eigenvalue weighted by molar-refractivity contribution is -0.137. The number of aliphatic carboxylic acids is 1. The summed E-state index contributed by atoms with van der Waals surface area (Å²) in [5.74, 6) is -0.919. The zero-order valence-electron chi connectivity index (χ0n) is 13.4. The van der Waals surface area contributed by atoms with Crippen molar-refractivity contribution < 1.29 is 27.9 Å². The third kappa shape index (κ3) is 7.42. The van der Waals surface area contributed by atoms with Crippen molar-refractivity contribution in [3.8, 4) is 0 Å². The Morgan fingerprint density at radius 2 is 1.83 bits per heavy atom. The van der Waals surface area contributed by atoms with Crippen LogP contribution in [-0.2, 0) is 19.4 Å². The average molecular weight is 358 g/mol. The molecule has 3 N–H and O–H groups in total. The van der Waals surface area contributed by atoms with Crippen molar-refractivity contribution in [2.45, 2.75) is 24.2 Å². The van der Waals surface area contributed by atoms with Gasteiger partial charge in [-0.05, 0) is 37.1 Å². The minimum Gasteiger partial charge on any atom is -0.481 e. The molecule has 0 spiro atoms. The molecule has 8 nitrogen and oxygen atoms in total. The molecule has 0 unspecified atom stereocenters. The van der Waals surface area contributed by atoms with E-state index in [1.807, 2.05) is 0 Å². The van der Waals surface area contributed by atoms with Crippen molar-refractivity contribution in [3.05, 3.63) is 24.3 Å². The Morgan fingerprint density at radius 1 is 1.17 bits per heavy atom. The highest BCUT2D eigenvalue weighted by atomic mass is 32.2. The van der Waals surface area contributed by atoms with Gasteiger partial charge in [-0.15, -0.1) is 0 Å². The van der Waals surface area contributed by atoms with Crippen LogP contribution in [0.5, 0.6) is 0 Å². The molecule has 0 aliphatic carbocycles. The van der Waals surface area contributed by atoms with E-state index in [2.05, 4.69) is 10.6 Å². The molecule has 0 bridgehead atoms. The molecule has 1 aromatic carbocycles. The molecule has 0 radical (unpaired) electrons. The van der Waals surface area contributed by atoms with Crippen molar-refractivity contribution in [1.82, 2.24) is 5.32 Å². The van der Waals surface area contributed by atoms with Gasteiger partial charge in [-0.1, -0.05) is 0 Å². The molecule has 1 rings (SSSR count). The third-order valence-electron chi connectivity index (χ3n) is 3.09. The fourth-order valence-corrected chi connectivity index (χ4v) is 3.16. The van der Waals surface area contributed by atoms with E-state index in [1.165, 1.54) is 31.4 Å². The van der Waals surface area contributed by atoms with Crippen molar-refractivity contribution in [1.29, 1.82) is 0 Å². The van der Waals surface area contributed by atoms with Gasteiger partial charge >= 0.3 is 12.0 Å². The van der Waals surface area contributed by atoms with Gasteiger partial charge in [0, 0.05) is 32.4 Å². The van der Waals surface area contributed by atoms with Crippen LogP contribution in [0.15, 0.2) is 29.2 Å². The number of hydrogen-bond acceptors (Lipinski definition) is 5. The second-order valence-corrected chi connectivity index (χ2v) is 7.18. The Balaban J connectivity index is 2.49. The van der Waals surface area contributed by atoms with Crippen LogP contribution in [0.3, 0.4) is 0 Å². The summed E-state index contributed by atoms with van der Waals surface area (Å²) in [6.45, 7) is 0.616. The molecular weight excluding hydrogens is 336 g/mol. The maximum absolute atomic E-state index is 12.1. The molecule has 0 heterocycles. The molecule has 0 aromatic heterocycles. The molecule has 0 fully saturated rings. The van der Waals surface area contributed by atoms with Crippen LogP contribution < -0.4 is 10.6 Å². The van der Waals surface area contributed by atoms with Gasteiger partial charge < -0.3 is 20.5 Å². The summed E-state index contributed by atoms with van der Waals surface area (Å²) < 4.78 is 29.0. The summed E-state index contributed by atoms with van der Waals surface area (Å²) in [5, 5.41) is 13.6. The number of ether oxygens (including phenoxy) is 1. The summed E-state index contributed by atoms with van der Waals surface area (Å²) >= 11 is 0. The highest BCUT2D eigenvalue weighted by Crippen LogP contribution is 2.16. The van der Waals surface area contributed by atoms with Gasteiger partial charge in [-0.3, -0.25) is 4.79 Å². The van der Waals surface area contributed by atoms with Crippen LogP contribution in [0.2, 0.25) is 0 Å². The Kier molecular flexibility index (Phi) is 8.20. The van der Waals surface area contributed by atoms with Gasteiger partial charge in [0.1, 0.15) is 0 Å². The van der Waals surface area contributed by atoms with Crippen molar-refractivity contribution in [3.63, 3.8) is 0 Å². The Bertz CT molecular complexity index is 642. The summed E-state index contributed by atoms with van der Waals surface area (Å²) in [5.41, 5.74) is 0.446. The number of benzene rings is 1. The number of nitrogens with one attached hydrogen (secondary N) is 2. The molecule has 0 saturated heterocycles. The number of anilines is 1. The minimum absolute atomic E-state index is 0.00230. The lowest BCUT2D eigenvalue weighted by Gasteiger charge is -2.08. The predicted molar refractivity (Wildman–Crippen MR) is 88.9 cm³/mol. The van der Waals surface area contributed by atoms with Gasteiger partial charge in [0.05, 0.1) is 10.6 Å². The zero-order valence-corrected chi connectivity index (χ0v) is 14.3. The molecule has 0 saturated carbocycles. The van der Waals surface area contributed by atoms with Crippen LogP contribution in [-0.4, -0.2) is 51.5 Å². The van der Waals surface area contributed by atoms with E-state index in [4.69, 9.17) is 9.84 Å². The molecule has 9 heteroatoms. The number of amides is 2. The molecular formula is C15H22N2O6S. The summed E-state index contributed by atoms with van der Waals surface area (Å²) in [4.78, 5) is 22.1. The molecule has 1 aromatic rings. The first-order chi connectivity index (χ1) is 11.3. The van der Waals surface area contributed by atoms with Gasteiger partial charge in [0.15, 0.2) is 9.84 Å². The summed E-state index contributed by atoms with van der Waals surface area (Å²) in [6.07, 6.45) is 0.731. The first-order valence-electron chi connectivity index (χ1n) is 7.43. The van der Waals surface area contributed by atoms with Crippen LogP contribution in [0.25, 0.3) is 0 Å². The van der Waals surface area contributed by atoms with E-state index >= 15 is 0 Å². The largest absolute Gasteiger partial charge is 0.481 e. The number of carbonyl (C=O) groups is 2. The second-order valence-electron chi connectivity index (χ2n) is 5.07. The first kappa shape index (κ1) is 19.9. The molecule has 0 aliphatic rings. The number of hydrogen-bond donors (Lipinski definition) is 3. The topological polar surface area (TPSA) is 122 Å². The Morgan fingerprint density at radius 3 is 2.42 bits per heavy atom. The van der Waals surface area contributed by atoms with E-state index < -0.39 is 21.8 Å². The number of rotatable bonds is 10. The van der Waals surface area contributed by atoms with Gasteiger partial charge in [-0.2, -0.15) is 0 Å². The minimum atomic E-state index is -3.37. The van der Waals surface area contributed by atoms with E-state index in [-0.39, 0.29) is 23.6 Å². The molecule has 2 amide bonds. The van der Waals surface area contributed by atoms with E-state index in [0.717, 1.165) is 0 Å². The standard InChI is InChI=1S/C15H22N2O6S/c1-23-10-3-11-24(21,22)13-7-5-12(6-8-13)17-15(20)16-9-2-4-14(18)19/h5-8H,2-4,9-11H2,1H3,(H,18,19)(H2,16,17,20). The molecule has 0 atom stereocenters.